The first-order chi connectivity index (χ1) is 14.1. The van der Waals surface area contributed by atoms with Crippen LogP contribution in [0.1, 0.15) is 29.2 Å². The van der Waals surface area contributed by atoms with Gasteiger partial charge in [0.1, 0.15) is 16.3 Å². The maximum atomic E-state index is 12.7. The lowest BCUT2D eigenvalue weighted by Crippen LogP contribution is -2.33. The van der Waals surface area contributed by atoms with E-state index < -0.39 is 0 Å². The van der Waals surface area contributed by atoms with Crippen molar-refractivity contribution in [2.45, 2.75) is 25.9 Å². The number of thiophene rings is 2. The Morgan fingerprint density at radius 1 is 1.28 bits per heavy atom. The largest absolute Gasteiger partial charge is 0.497 e. The van der Waals surface area contributed by atoms with Crippen LogP contribution in [-0.2, 0) is 13.0 Å². The van der Waals surface area contributed by atoms with Crippen molar-refractivity contribution in [3.05, 3.63) is 68.4 Å². The van der Waals surface area contributed by atoms with E-state index >= 15 is 0 Å². The third-order valence-corrected chi connectivity index (χ3v) is 7.73. The second kappa shape index (κ2) is 7.40. The van der Waals surface area contributed by atoms with Gasteiger partial charge >= 0.3 is 0 Å². The molecular formula is C22H21N3O2S2. The lowest BCUT2D eigenvalue weighted by atomic mass is 10.0. The number of hydrogen-bond donors (Lipinski definition) is 1. The highest BCUT2D eigenvalue weighted by Gasteiger charge is 2.25. The smallest absolute Gasteiger partial charge is 0.268 e. The molecule has 1 aliphatic heterocycles. The van der Waals surface area contributed by atoms with Crippen LogP contribution in [0.5, 0.6) is 5.75 Å². The highest BCUT2D eigenvalue weighted by atomic mass is 32.1. The molecule has 1 aromatic carbocycles. The molecule has 0 spiro atoms. The standard InChI is InChI=1S/C22H21N3O2S2/c1-13-16-8-10-28-18(16)7-9-25(13)12-20-23-17-11-19(29-21(17)22(26)24-20)14-3-5-15(27-2)6-4-14/h3-6,8,10-11,13H,7,9,12H2,1-2H3,(H,23,24,26). The number of ether oxygens (including phenoxy) is 1. The number of hydrogen-bond acceptors (Lipinski definition) is 6. The maximum absolute atomic E-state index is 12.7. The first-order valence-electron chi connectivity index (χ1n) is 9.60. The second-order valence-corrected chi connectivity index (χ2v) is 9.31. The first kappa shape index (κ1) is 18.5. The maximum Gasteiger partial charge on any atom is 0.268 e. The molecule has 0 amide bonds. The van der Waals surface area contributed by atoms with Gasteiger partial charge in [0.05, 0.1) is 19.2 Å². The summed E-state index contributed by atoms with van der Waals surface area (Å²) in [4.78, 5) is 25.4. The number of benzene rings is 1. The fourth-order valence-corrected chi connectivity index (χ4v) is 5.89. The Morgan fingerprint density at radius 3 is 2.90 bits per heavy atom. The Morgan fingerprint density at radius 2 is 2.10 bits per heavy atom. The lowest BCUT2D eigenvalue weighted by molar-refractivity contribution is 0.186. The van der Waals surface area contributed by atoms with Gasteiger partial charge in [0, 0.05) is 22.3 Å². The van der Waals surface area contributed by atoms with E-state index in [1.54, 1.807) is 7.11 Å². The number of nitrogens with one attached hydrogen (secondary N) is 1. The zero-order valence-corrected chi connectivity index (χ0v) is 17.9. The van der Waals surface area contributed by atoms with E-state index in [-0.39, 0.29) is 5.56 Å². The minimum atomic E-state index is -0.0596. The van der Waals surface area contributed by atoms with Gasteiger partial charge in [0.15, 0.2) is 0 Å². The predicted molar refractivity (Wildman–Crippen MR) is 119 cm³/mol. The van der Waals surface area contributed by atoms with Crippen molar-refractivity contribution in [3.8, 4) is 16.2 Å². The van der Waals surface area contributed by atoms with Crippen LogP contribution in [0.25, 0.3) is 20.7 Å². The van der Waals surface area contributed by atoms with Crippen LogP contribution in [0.3, 0.4) is 0 Å². The highest BCUT2D eigenvalue weighted by Crippen LogP contribution is 2.34. The number of aromatic amines is 1. The van der Waals surface area contributed by atoms with E-state index in [9.17, 15) is 4.79 Å². The summed E-state index contributed by atoms with van der Waals surface area (Å²) < 4.78 is 5.90. The quantitative estimate of drug-likeness (QED) is 0.510. The molecule has 148 valence electrons. The Hall–Kier alpha value is -2.48. The van der Waals surface area contributed by atoms with Crippen LogP contribution in [0.15, 0.2) is 46.6 Å². The Bertz CT molecular complexity index is 1220. The zero-order valence-electron chi connectivity index (χ0n) is 16.3. The van der Waals surface area contributed by atoms with E-state index in [1.807, 2.05) is 41.7 Å². The van der Waals surface area contributed by atoms with Crippen molar-refractivity contribution in [1.82, 2.24) is 14.9 Å². The fourth-order valence-electron chi connectivity index (χ4n) is 3.93. The third-order valence-electron chi connectivity index (χ3n) is 5.56. The molecule has 1 atom stereocenters. The van der Waals surface area contributed by atoms with Gasteiger partial charge < -0.3 is 9.72 Å². The van der Waals surface area contributed by atoms with Gasteiger partial charge in [-0.25, -0.2) is 4.98 Å². The van der Waals surface area contributed by atoms with Crippen molar-refractivity contribution < 1.29 is 4.74 Å². The fraction of sp³-hybridized carbons (Fsp3) is 0.273. The molecule has 5 nitrogen and oxygen atoms in total. The molecule has 5 rings (SSSR count). The zero-order chi connectivity index (χ0) is 20.0. The van der Waals surface area contributed by atoms with Crippen LogP contribution in [0, 0.1) is 0 Å². The lowest BCUT2D eigenvalue weighted by Gasteiger charge is -2.33. The molecule has 0 aliphatic carbocycles. The molecule has 1 aliphatic rings. The predicted octanol–water partition coefficient (Wildman–Crippen LogP) is 4.84. The molecule has 1 N–H and O–H groups in total. The molecular weight excluding hydrogens is 402 g/mol. The highest BCUT2D eigenvalue weighted by molar-refractivity contribution is 7.22. The molecule has 0 radical (unpaired) electrons. The summed E-state index contributed by atoms with van der Waals surface area (Å²) in [5.74, 6) is 1.55. The molecule has 4 aromatic rings. The van der Waals surface area contributed by atoms with Gasteiger partial charge in [-0.2, -0.15) is 0 Å². The summed E-state index contributed by atoms with van der Waals surface area (Å²) >= 11 is 3.32. The van der Waals surface area contributed by atoms with Crippen LogP contribution < -0.4 is 10.3 Å². The monoisotopic (exact) mass is 423 g/mol. The number of rotatable bonds is 4. The van der Waals surface area contributed by atoms with E-state index in [2.05, 4.69) is 28.3 Å². The van der Waals surface area contributed by atoms with Crippen LogP contribution in [-0.4, -0.2) is 28.5 Å². The van der Waals surface area contributed by atoms with Crippen LogP contribution >= 0.6 is 22.7 Å². The van der Waals surface area contributed by atoms with Crippen LogP contribution in [0.4, 0.5) is 0 Å². The minimum absolute atomic E-state index is 0.0596. The summed E-state index contributed by atoms with van der Waals surface area (Å²) in [5, 5.41) is 2.17. The Kier molecular flexibility index (Phi) is 4.73. The van der Waals surface area contributed by atoms with E-state index in [0.29, 0.717) is 17.3 Å². The molecule has 4 heterocycles. The molecule has 29 heavy (non-hydrogen) atoms. The molecule has 7 heteroatoms. The number of methoxy groups -OCH3 is 1. The van der Waals surface area contributed by atoms with Crippen molar-refractivity contribution in [2.24, 2.45) is 0 Å². The molecule has 3 aromatic heterocycles. The molecule has 0 saturated carbocycles. The number of H-pyrrole nitrogens is 1. The normalized spacial score (nSPS) is 16.8. The van der Waals surface area contributed by atoms with Crippen LogP contribution in [0.2, 0.25) is 0 Å². The number of aromatic nitrogens is 2. The molecule has 0 bridgehead atoms. The minimum Gasteiger partial charge on any atom is -0.497 e. The summed E-state index contributed by atoms with van der Waals surface area (Å²) in [6.45, 7) is 3.86. The Labute approximate surface area is 176 Å². The van der Waals surface area contributed by atoms with Crippen molar-refractivity contribution in [3.63, 3.8) is 0 Å². The van der Waals surface area contributed by atoms with Gasteiger partial charge in [-0.1, -0.05) is 0 Å². The summed E-state index contributed by atoms with van der Waals surface area (Å²) in [7, 11) is 1.65. The summed E-state index contributed by atoms with van der Waals surface area (Å²) in [6.07, 6.45) is 1.06. The van der Waals surface area contributed by atoms with Gasteiger partial charge in [-0.15, -0.1) is 22.7 Å². The van der Waals surface area contributed by atoms with Crippen molar-refractivity contribution >= 4 is 32.9 Å². The van der Waals surface area contributed by atoms with Gasteiger partial charge in [0.2, 0.25) is 0 Å². The average molecular weight is 424 g/mol. The topological polar surface area (TPSA) is 58.2 Å². The molecule has 0 saturated heterocycles. The van der Waals surface area contributed by atoms with E-state index in [0.717, 1.165) is 40.5 Å². The van der Waals surface area contributed by atoms with Gasteiger partial charge in [0.25, 0.3) is 5.56 Å². The van der Waals surface area contributed by atoms with Gasteiger partial charge in [-0.3, -0.25) is 9.69 Å². The summed E-state index contributed by atoms with van der Waals surface area (Å²) in [5.41, 5.74) is 3.17. The van der Waals surface area contributed by atoms with Gasteiger partial charge in [-0.05, 0) is 66.2 Å². The molecule has 0 fully saturated rings. The SMILES string of the molecule is COc1ccc(-c2cc3nc(CN4CCc5sccc5C4C)[nH]c(=O)c3s2)cc1. The molecule has 1 unspecified atom stereocenters. The van der Waals surface area contributed by atoms with Crippen molar-refractivity contribution in [1.29, 1.82) is 0 Å². The Balaban J connectivity index is 1.44. The first-order valence-corrected chi connectivity index (χ1v) is 11.3. The van der Waals surface area contributed by atoms with Crippen molar-refractivity contribution in [2.75, 3.05) is 13.7 Å². The number of fused-ring (bicyclic) bond motifs is 2. The number of nitrogens with zero attached hydrogens (tertiary/aromatic N) is 2. The van der Waals surface area contributed by atoms with E-state index in [1.165, 1.54) is 21.8 Å². The average Bonchev–Trinajstić information content (AvgIpc) is 3.38. The van der Waals surface area contributed by atoms with E-state index in [4.69, 9.17) is 9.72 Å². The second-order valence-electron chi connectivity index (χ2n) is 7.26. The third kappa shape index (κ3) is 3.39. The summed E-state index contributed by atoms with van der Waals surface area (Å²) in [6, 6.07) is 12.4.